The van der Waals surface area contributed by atoms with E-state index >= 15 is 0 Å². The van der Waals surface area contributed by atoms with Crippen LogP contribution in [0.4, 0.5) is 10.1 Å². The Labute approximate surface area is 153 Å². The lowest BCUT2D eigenvalue weighted by molar-refractivity contribution is 0.306. The van der Waals surface area contributed by atoms with Gasteiger partial charge in [-0.05, 0) is 48.3 Å². The molecule has 26 heavy (non-hydrogen) atoms. The average molecular weight is 350 g/mol. The van der Waals surface area contributed by atoms with Gasteiger partial charge in [0.25, 0.3) is 0 Å². The molecule has 0 aliphatic carbocycles. The van der Waals surface area contributed by atoms with E-state index in [9.17, 15) is 4.39 Å². The number of halogens is 1. The first-order valence-corrected chi connectivity index (χ1v) is 9.02. The second-order valence-corrected chi connectivity index (χ2v) is 6.87. The summed E-state index contributed by atoms with van der Waals surface area (Å²) in [5.74, 6) is 0.574. The van der Waals surface area contributed by atoms with Crippen molar-refractivity contribution in [1.82, 2.24) is 4.90 Å². The fourth-order valence-electron chi connectivity index (χ4n) is 3.44. The van der Waals surface area contributed by atoms with E-state index in [1.54, 1.807) is 6.07 Å². The van der Waals surface area contributed by atoms with Crippen LogP contribution in [0, 0.1) is 5.82 Å². The van der Waals surface area contributed by atoms with Crippen LogP contribution in [0.1, 0.15) is 5.56 Å². The number of benzene rings is 3. The molecule has 0 unspecified atom stereocenters. The molecule has 1 saturated heterocycles. The first-order chi connectivity index (χ1) is 12.7. The number of ether oxygens (including phenoxy) is 1. The second-order valence-electron chi connectivity index (χ2n) is 6.87. The summed E-state index contributed by atoms with van der Waals surface area (Å²) >= 11 is 0. The molecule has 0 atom stereocenters. The highest BCUT2D eigenvalue weighted by Crippen LogP contribution is 2.31. The summed E-state index contributed by atoms with van der Waals surface area (Å²) in [6, 6.07) is 19.1. The quantitative estimate of drug-likeness (QED) is 0.697. The van der Waals surface area contributed by atoms with Gasteiger partial charge in [0.05, 0.1) is 0 Å². The minimum Gasteiger partial charge on any atom is -0.489 e. The second kappa shape index (κ2) is 7.34. The molecule has 1 heterocycles. The monoisotopic (exact) mass is 350 g/mol. The maximum atomic E-state index is 13.3. The van der Waals surface area contributed by atoms with Gasteiger partial charge in [0.2, 0.25) is 0 Å². The third-order valence-corrected chi connectivity index (χ3v) is 4.97. The van der Waals surface area contributed by atoms with E-state index in [-0.39, 0.29) is 5.82 Å². The van der Waals surface area contributed by atoms with Gasteiger partial charge >= 0.3 is 0 Å². The molecule has 3 aromatic rings. The summed E-state index contributed by atoms with van der Waals surface area (Å²) < 4.78 is 19.2. The third kappa shape index (κ3) is 3.65. The van der Waals surface area contributed by atoms with Gasteiger partial charge in [0, 0.05) is 37.3 Å². The van der Waals surface area contributed by atoms with Gasteiger partial charge in [0.1, 0.15) is 18.2 Å². The molecule has 134 valence electrons. The van der Waals surface area contributed by atoms with Gasteiger partial charge < -0.3 is 14.5 Å². The molecular weight excluding hydrogens is 327 g/mol. The van der Waals surface area contributed by atoms with Crippen LogP contribution in [0.5, 0.6) is 5.75 Å². The Bertz CT molecular complexity index is 904. The van der Waals surface area contributed by atoms with Crippen LogP contribution >= 0.6 is 0 Å². The molecular formula is C22H23FN2O. The Morgan fingerprint density at radius 3 is 2.54 bits per heavy atom. The van der Waals surface area contributed by atoms with Crippen LogP contribution < -0.4 is 9.64 Å². The zero-order valence-electron chi connectivity index (χ0n) is 15.0. The van der Waals surface area contributed by atoms with Crippen molar-refractivity contribution in [2.24, 2.45) is 0 Å². The van der Waals surface area contributed by atoms with E-state index in [1.807, 2.05) is 12.1 Å². The predicted molar refractivity (Wildman–Crippen MR) is 104 cm³/mol. The Balaban J connectivity index is 1.58. The minimum absolute atomic E-state index is 0.234. The van der Waals surface area contributed by atoms with Gasteiger partial charge in [0.15, 0.2) is 0 Å². The summed E-state index contributed by atoms with van der Waals surface area (Å²) in [5.41, 5.74) is 2.09. The smallest absolute Gasteiger partial charge is 0.123 e. The lowest BCUT2D eigenvalue weighted by Crippen LogP contribution is -2.44. The van der Waals surface area contributed by atoms with E-state index in [2.05, 4.69) is 47.2 Å². The van der Waals surface area contributed by atoms with Crippen LogP contribution in [0.15, 0.2) is 60.7 Å². The van der Waals surface area contributed by atoms with Gasteiger partial charge in [-0.3, -0.25) is 0 Å². The van der Waals surface area contributed by atoms with Crippen molar-refractivity contribution in [3.8, 4) is 5.75 Å². The number of rotatable bonds is 4. The molecule has 0 N–H and O–H groups in total. The zero-order valence-corrected chi connectivity index (χ0v) is 15.0. The number of piperazine rings is 1. The van der Waals surface area contributed by atoms with Gasteiger partial charge in [-0.15, -0.1) is 0 Å². The van der Waals surface area contributed by atoms with Gasteiger partial charge in [-0.2, -0.15) is 0 Å². The lowest BCUT2D eigenvalue weighted by atomic mass is 10.1. The predicted octanol–water partition coefficient (Wildman–Crippen LogP) is 4.31. The Hall–Kier alpha value is -2.59. The number of fused-ring (bicyclic) bond motifs is 1. The van der Waals surface area contributed by atoms with E-state index < -0.39 is 0 Å². The first kappa shape index (κ1) is 16.9. The maximum Gasteiger partial charge on any atom is 0.123 e. The fraction of sp³-hybridized carbons (Fsp3) is 0.273. The number of likely N-dealkylation sites (N-methyl/N-ethyl adjacent to an activating group) is 1. The molecule has 0 amide bonds. The molecule has 1 fully saturated rings. The molecule has 4 heteroatoms. The SMILES string of the molecule is CN1CCN(c2cccc3ccc(OCc4cccc(F)c4)cc23)CC1. The van der Waals surface area contributed by atoms with E-state index in [0.29, 0.717) is 6.61 Å². The number of anilines is 1. The molecule has 3 nitrogen and oxygen atoms in total. The van der Waals surface area contributed by atoms with Crippen molar-refractivity contribution in [3.63, 3.8) is 0 Å². The third-order valence-electron chi connectivity index (χ3n) is 4.97. The van der Waals surface area contributed by atoms with Crippen LogP contribution in [-0.2, 0) is 6.61 Å². The highest BCUT2D eigenvalue weighted by atomic mass is 19.1. The topological polar surface area (TPSA) is 15.7 Å². The van der Waals surface area contributed by atoms with E-state index in [0.717, 1.165) is 37.5 Å². The highest BCUT2D eigenvalue weighted by molar-refractivity contribution is 5.95. The number of hydrogen-bond acceptors (Lipinski definition) is 3. The fourth-order valence-corrected chi connectivity index (χ4v) is 3.44. The summed E-state index contributed by atoms with van der Waals surface area (Å²) in [5, 5.41) is 2.41. The highest BCUT2D eigenvalue weighted by Gasteiger charge is 2.16. The van der Waals surface area contributed by atoms with Crippen LogP contribution in [-0.4, -0.2) is 38.1 Å². The Morgan fingerprint density at radius 2 is 1.73 bits per heavy atom. The molecule has 0 bridgehead atoms. The molecule has 0 radical (unpaired) electrons. The van der Waals surface area contributed by atoms with Crippen molar-refractivity contribution >= 4 is 16.5 Å². The summed E-state index contributed by atoms with van der Waals surface area (Å²) in [6.07, 6.45) is 0. The molecule has 4 rings (SSSR count). The molecule has 0 saturated carbocycles. The van der Waals surface area contributed by atoms with Crippen molar-refractivity contribution in [3.05, 3.63) is 72.0 Å². The summed E-state index contributed by atoms with van der Waals surface area (Å²) in [6.45, 7) is 4.58. The minimum atomic E-state index is -0.234. The van der Waals surface area contributed by atoms with E-state index in [1.165, 1.54) is 28.6 Å². The number of hydrogen-bond donors (Lipinski definition) is 0. The largest absolute Gasteiger partial charge is 0.489 e. The first-order valence-electron chi connectivity index (χ1n) is 9.02. The van der Waals surface area contributed by atoms with Crippen LogP contribution in [0.25, 0.3) is 10.8 Å². The standard InChI is InChI=1S/C22H23FN2O/c1-24-10-12-25(13-11-24)22-7-3-5-18-8-9-20(15-21(18)22)26-16-17-4-2-6-19(23)14-17/h2-9,14-15H,10-13,16H2,1H3. The van der Waals surface area contributed by atoms with Crippen molar-refractivity contribution in [2.75, 3.05) is 38.1 Å². The van der Waals surface area contributed by atoms with Crippen molar-refractivity contribution in [1.29, 1.82) is 0 Å². The maximum absolute atomic E-state index is 13.3. The van der Waals surface area contributed by atoms with Gasteiger partial charge in [-0.25, -0.2) is 4.39 Å². The van der Waals surface area contributed by atoms with Crippen molar-refractivity contribution in [2.45, 2.75) is 6.61 Å². The van der Waals surface area contributed by atoms with Gasteiger partial charge in [-0.1, -0.05) is 30.3 Å². The summed E-state index contributed by atoms with van der Waals surface area (Å²) in [7, 11) is 2.17. The summed E-state index contributed by atoms with van der Waals surface area (Å²) in [4.78, 5) is 4.80. The Kier molecular flexibility index (Phi) is 4.76. The average Bonchev–Trinajstić information content (AvgIpc) is 2.66. The van der Waals surface area contributed by atoms with E-state index in [4.69, 9.17) is 4.74 Å². The lowest BCUT2D eigenvalue weighted by Gasteiger charge is -2.34. The number of nitrogens with zero attached hydrogens (tertiary/aromatic N) is 2. The Morgan fingerprint density at radius 1 is 0.923 bits per heavy atom. The molecule has 0 aromatic heterocycles. The van der Waals surface area contributed by atoms with Crippen molar-refractivity contribution < 1.29 is 9.13 Å². The molecule has 1 aliphatic heterocycles. The molecule has 1 aliphatic rings. The zero-order chi connectivity index (χ0) is 17.9. The normalized spacial score (nSPS) is 15.4. The molecule has 3 aromatic carbocycles. The van der Waals surface area contributed by atoms with Crippen LogP contribution in [0.2, 0.25) is 0 Å². The van der Waals surface area contributed by atoms with Crippen LogP contribution in [0.3, 0.4) is 0 Å². The molecule has 0 spiro atoms.